The van der Waals surface area contributed by atoms with E-state index >= 15 is 0 Å². The molecule has 7 nitrogen and oxygen atoms in total. The van der Waals surface area contributed by atoms with Crippen molar-refractivity contribution in [3.05, 3.63) is 33.4 Å². The number of amides is 1. The molecule has 0 radical (unpaired) electrons. The molecule has 118 valence electrons. The normalized spacial score (nSPS) is 12.2. The van der Waals surface area contributed by atoms with Crippen molar-refractivity contribution >= 4 is 23.3 Å². The Bertz CT molecular complexity index is 763. The van der Waals surface area contributed by atoms with Crippen LogP contribution < -0.4 is 10.9 Å². The quantitative estimate of drug-likeness (QED) is 0.838. The zero-order chi connectivity index (χ0) is 16.4. The molecule has 8 heteroatoms. The molecule has 0 aromatic carbocycles. The first-order valence-corrected chi connectivity index (χ1v) is 7.38. The summed E-state index contributed by atoms with van der Waals surface area (Å²) in [5, 5.41) is 6.24. The number of rotatable bonds is 4. The summed E-state index contributed by atoms with van der Waals surface area (Å²) in [7, 11) is 0. The molecule has 2 rings (SSSR count). The molecule has 0 aliphatic rings. The lowest BCUT2D eigenvalue weighted by atomic mass is 10.2. The molecule has 22 heavy (non-hydrogen) atoms. The van der Waals surface area contributed by atoms with Gasteiger partial charge >= 0.3 is 0 Å². The van der Waals surface area contributed by atoms with Crippen LogP contribution in [0.5, 0.6) is 0 Å². The minimum Gasteiger partial charge on any atom is -0.309 e. The molecule has 0 bridgehead atoms. The molecule has 1 amide bonds. The Kier molecular flexibility index (Phi) is 4.65. The molecule has 2 aromatic rings. The van der Waals surface area contributed by atoms with Crippen molar-refractivity contribution in [2.45, 2.75) is 39.5 Å². The van der Waals surface area contributed by atoms with Crippen molar-refractivity contribution in [1.82, 2.24) is 19.7 Å². The van der Waals surface area contributed by atoms with Crippen LogP contribution >= 0.6 is 11.6 Å². The van der Waals surface area contributed by atoms with Crippen LogP contribution in [-0.2, 0) is 11.2 Å². The lowest BCUT2D eigenvalue weighted by molar-refractivity contribution is -0.115. The average Bonchev–Trinajstić information content (AvgIpc) is 2.79. The molecular weight excluding hydrogens is 306 g/mol. The van der Waals surface area contributed by atoms with E-state index in [1.54, 1.807) is 26.8 Å². The van der Waals surface area contributed by atoms with E-state index in [-0.39, 0.29) is 17.4 Å². The highest BCUT2D eigenvalue weighted by atomic mass is 35.5. The molecule has 2 aromatic heterocycles. The first kappa shape index (κ1) is 16.2. The molecule has 0 fully saturated rings. The van der Waals surface area contributed by atoms with Gasteiger partial charge in [0.1, 0.15) is 11.2 Å². The van der Waals surface area contributed by atoms with Gasteiger partial charge in [-0.1, -0.05) is 6.92 Å². The van der Waals surface area contributed by atoms with Crippen LogP contribution in [0, 0.1) is 13.8 Å². The van der Waals surface area contributed by atoms with Crippen molar-refractivity contribution < 1.29 is 4.79 Å². The van der Waals surface area contributed by atoms with Gasteiger partial charge in [0.2, 0.25) is 11.9 Å². The van der Waals surface area contributed by atoms with Crippen LogP contribution in [0.2, 0.25) is 0 Å². The Morgan fingerprint density at radius 2 is 2.18 bits per heavy atom. The number of nitrogens with one attached hydrogen (secondary N) is 2. The fourth-order valence-corrected chi connectivity index (χ4v) is 2.14. The first-order valence-electron chi connectivity index (χ1n) is 6.95. The number of carbonyl (C=O) groups excluding carboxylic acids is 1. The summed E-state index contributed by atoms with van der Waals surface area (Å²) in [5.74, 6) is 0.305. The molecule has 1 atom stereocenters. The van der Waals surface area contributed by atoms with Crippen LogP contribution in [0.3, 0.4) is 0 Å². The summed E-state index contributed by atoms with van der Waals surface area (Å²) in [6, 6.07) is 1.68. The fourth-order valence-electron chi connectivity index (χ4n) is 2.09. The maximum atomic E-state index is 12.1. The van der Waals surface area contributed by atoms with E-state index in [2.05, 4.69) is 20.4 Å². The largest absolute Gasteiger partial charge is 0.309 e. The van der Waals surface area contributed by atoms with E-state index < -0.39 is 5.38 Å². The number of H-pyrrole nitrogens is 1. The third-order valence-electron chi connectivity index (χ3n) is 3.21. The molecule has 0 saturated heterocycles. The number of hydrogen-bond acceptors (Lipinski definition) is 4. The summed E-state index contributed by atoms with van der Waals surface area (Å²) < 4.78 is 1.39. The fraction of sp³-hybridized carbons (Fsp3) is 0.429. The third kappa shape index (κ3) is 3.19. The number of alkyl halides is 1. The second-order valence-corrected chi connectivity index (χ2v) is 5.65. The summed E-state index contributed by atoms with van der Waals surface area (Å²) in [4.78, 5) is 30.9. The summed E-state index contributed by atoms with van der Waals surface area (Å²) in [6.07, 6.45) is 0.597. The number of aryl methyl sites for hydroxylation is 2. The van der Waals surface area contributed by atoms with E-state index in [1.807, 2.05) is 6.92 Å². The number of aromatic amines is 1. The van der Waals surface area contributed by atoms with Crippen LogP contribution in [0.1, 0.15) is 30.8 Å². The smallest absolute Gasteiger partial charge is 0.255 e. The van der Waals surface area contributed by atoms with Gasteiger partial charge < -0.3 is 5.32 Å². The Hall–Kier alpha value is -2.15. The van der Waals surface area contributed by atoms with E-state index in [4.69, 9.17) is 11.6 Å². The highest BCUT2D eigenvalue weighted by molar-refractivity contribution is 6.32. The number of nitrogens with zero attached hydrogens (tertiary/aromatic N) is 3. The average molecular weight is 324 g/mol. The molecule has 0 aliphatic carbocycles. The Labute approximate surface area is 132 Å². The molecule has 0 unspecified atom stereocenters. The third-order valence-corrected chi connectivity index (χ3v) is 3.41. The van der Waals surface area contributed by atoms with Crippen molar-refractivity contribution in [2.24, 2.45) is 0 Å². The Morgan fingerprint density at radius 3 is 2.73 bits per heavy atom. The molecule has 0 saturated carbocycles. The standard InChI is InChI=1S/C14H18ClN5O2/c1-5-10-9(4)16-14(18-13(10)22)20-11(6-7(2)19-20)17-12(21)8(3)15/h6,8H,5H2,1-4H3,(H,17,21)(H,16,18,22)/t8-/m1/s1. The summed E-state index contributed by atoms with van der Waals surface area (Å²) in [5.41, 5.74) is 1.74. The van der Waals surface area contributed by atoms with E-state index in [1.165, 1.54) is 4.68 Å². The SMILES string of the molecule is CCc1c(C)nc(-n2nc(C)cc2NC(=O)[C@@H](C)Cl)[nH]c1=O. The van der Waals surface area contributed by atoms with E-state index in [9.17, 15) is 9.59 Å². The van der Waals surface area contributed by atoms with E-state index in [0.29, 0.717) is 29.2 Å². The molecule has 0 spiro atoms. The van der Waals surface area contributed by atoms with Crippen molar-refractivity contribution in [3.63, 3.8) is 0 Å². The van der Waals surface area contributed by atoms with Gasteiger partial charge in [0, 0.05) is 17.3 Å². The predicted molar refractivity (Wildman–Crippen MR) is 84.8 cm³/mol. The Morgan fingerprint density at radius 1 is 1.50 bits per heavy atom. The van der Waals surface area contributed by atoms with Crippen molar-refractivity contribution in [3.8, 4) is 5.95 Å². The number of carbonyl (C=O) groups is 1. The lowest BCUT2D eigenvalue weighted by Crippen LogP contribution is -2.24. The summed E-state index contributed by atoms with van der Waals surface area (Å²) >= 11 is 5.76. The van der Waals surface area contributed by atoms with Crippen LogP contribution in [0.25, 0.3) is 5.95 Å². The van der Waals surface area contributed by atoms with Gasteiger partial charge in [0.15, 0.2) is 0 Å². The maximum Gasteiger partial charge on any atom is 0.255 e. The molecular formula is C14H18ClN5O2. The van der Waals surface area contributed by atoms with Gasteiger partial charge in [-0.05, 0) is 27.2 Å². The van der Waals surface area contributed by atoms with Crippen LogP contribution in [0.4, 0.5) is 5.82 Å². The molecule has 2 heterocycles. The zero-order valence-electron chi connectivity index (χ0n) is 12.9. The van der Waals surface area contributed by atoms with Gasteiger partial charge in [0.05, 0.1) is 5.69 Å². The highest BCUT2D eigenvalue weighted by Crippen LogP contribution is 2.15. The van der Waals surface area contributed by atoms with E-state index in [0.717, 1.165) is 0 Å². The van der Waals surface area contributed by atoms with Crippen LogP contribution in [0.15, 0.2) is 10.9 Å². The van der Waals surface area contributed by atoms with Gasteiger partial charge in [-0.2, -0.15) is 9.78 Å². The monoisotopic (exact) mass is 323 g/mol. The highest BCUT2D eigenvalue weighted by Gasteiger charge is 2.16. The molecule has 0 aliphatic heterocycles. The minimum atomic E-state index is -0.681. The zero-order valence-corrected chi connectivity index (χ0v) is 13.7. The molecule has 2 N–H and O–H groups in total. The second kappa shape index (κ2) is 6.31. The number of halogens is 1. The van der Waals surface area contributed by atoms with Crippen molar-refractivity contribution in [2.75, 3.05) is 5.32 Å². The topological polar surface area (TPSA) is 92.7 Å². The van der Waals surface area contributed by atoms with Gasteiger partial charge in [-0.15, -0.1) is 11.6 Å². The number of anilines is 1. The summed E-state index contributed by atoms with van der Waals surface area (Å²) in [6.45, 7) is 7.02. The minimum absolute atomic E-state index is 0.207. The first-order chi connectivity index (χ1) is 10.3. The number of aromatic nitrogens is 4. The Balaban J connectivity index is 2.50. The van der Waals surface area contributed by atoms with Gasteiger partial charge in [0.25, 0.3) is 5.56 Å². The van der Waals surface area contributed by atoms with Gasteiger partial charge in [-0.3, -0.25) is 14.6 Å². The van der Waals surface area contributed by atoms with Crippen molar-refractivity contribution in [1.29, 1.82) is 0 Å². The lowest BCUT2D eigenvalue weighted by Gasteiger charge is -2.10. The second-order valence-electron chi connectivity index (χ2n) is 5.00. The van der Waals surface area contributed by atoms with Gasteiger partial charge in [-0.25, -0.2) is 4.98 Å². The van der Waals surface area contributed by atoms with Crippen LogP contribution in [-0.4, -0.2) is 31.0 Å². The maximum absolute atomic E-state index is 12.1. The number of hydrogen-bond donors (Lipinski definition) is 2. The predicted octanol–water partition coefficient (Wildman–Crippen LogP) is 1.70.